The van der Waals surface area contributed by atoms with Crippen LogP contribution >= 0.6 is 0 Å². The summed E-state index contributed by atoms with van der Waals surface area (Å²) in [6.45, 7) is 7.08. The fourth-order valence-electron chi connectivity index (χ4n) is 2.01. The van der Waals surface area contributed by atoms with Crippen LogP contribution < -0.4 is 10.2 Å². The van der Waals surface area contributed by atoms with E-state index in [1.165, 1.54) is 16.8 Å². The molecule has 0 saturated carbocycles. The molecule has 0 amide bonds. The molecule has 2 rings (SSSR count). The molecule has 16 heavy (non-hydrogen) atoms. The van der Waals surface area contributed by atoms with E-state index in [0.717, 1.165) is 25.5 Å². The maximum absolute atomic E-state index is 4.42. The third-order valence-corrected chi connectivity index (χ3v) is 3.12. The average molecular weight is 217 g/mol. The zero-order chi connectivity index (χ0) is 11.5. The third kappa shape index (κ3) is 2.18. The molecule has 0 bridgehead atoms. The number of anilines is 1. The van der Waals surface area contributed by atoms with Crippen LogP contribution in [0.25, 0.3) is 0 Å². The Morgan fingerprint density at radius 1 is 1.38 bits per heavy atom. The van der Waals surface area contributed by atoms with Crippen molar-refractivity contribution < 1.29 is 0 Å². The minimum atomic E-state index is 0.865. The average Bonchev–Trinajstić information content (AvgIpc) is 2.74. The van der Waals surface area contributed by atoms with E-state index in [4.69, 9.17) is 0 Å². The summed E-state index contributed by atoms with van der Waals surface area (Å²) in [5, 5.41) is 3.30. The van der Waals surface area contributed by atoms with Crippen LogP contribution in [0.3, 0.4) is 0 Å². The molecule has 0 unspecified atom stereocenters. The molecule has 1 aromatic rings. The van der Waals surface area contributed by atoms with Gasteiger partial charge in [-0.15, -0.1) is 0 Å². The van der Waals surface area contributed by atoms with E-state index in [1.807, 2.05) is 0 Å². The lowest BCUT2D eigenvalue weighted by atomic mass is 10.1. The Hall–Kier alpha value is -1.51. The normalized spacial score (nSPS) is 14.6. The van der Waals surface area contributed by atoms with Gasteiger partial charge in [0.1, 0.15) is 5.84 Å². The lowest BCUT2D eigenvalue weighted by molar-refractivity contribution is 0.942. The van der Waals surface area contributed by atoms with Gasteiger partial charge in [0.05, 0.1) is 13.1 Å². The number of benzene rings is 1. The van der Waals surface area contributed by atoms with Crippen LogP contribution in [0, 0.1) is 13.8 Å². The molecule has 0 fully saturated rings. The van der Waals surface area contributed by atoms with Crippen LogP contribution in [0.1, 0.15) is 11.1 Å². The summed E-state index contributed by atoms with van der Waals surface area (Å²) in [6.07, 6.45) is 0. The van der Waals surface area contributed by atoms with E-state index >= 15 is 0 Å². The van der Waals surface area contributed by atoms with Gasteiger partial charge in [-0.2, -0.15) is 0 Å². The second-order valence-electron chi connectivity index (χ2n) is 4.33. The Balaban J connectivity index is 2.14. The predicted molar refractivity (Wildman–Crippen MR) is 69.5 cm³/mol. The predicted octanol–water partition coefficient (Wildman–Crippen LogP) is 1.74. The van der Waals surface area contributed by atoms with Gasteiger partial charge >= 0.3 is 0 Å². The van der Waals surface area contributed by atoms with Gasteiger partial charge in [-0.05, 0) is 31.0 Å². The van der Waals surface area contributed by atoms with Crippen molar-refractivity contribution >= 4 is 11.5 Å². The summed E-state index contributed by atoms with van der Waals surface area (Å²) in [5.74, 6) is 1.10. The van der Waals surface area contributed by atoms with Crippen LogP contribution in [0.2, 0.25) is 0 Å². The number of rotatable bonds is 3. The lowest BCUT2D eigenvalue weighted by Crippen LogP contribution is -2.33. The van der Waals surface area contributed by atoms with E-state index in [9.17, 15) is 0 Å². The Labute approximate surface area is 97.2 Å². The Morgan fingerprint density at radius 3 is 2.88 bits per heavy atom. The first-order valence-electron chi connectivity index (χ1n) is 5.73. The Morgan fingerprint density at radius 2 is 2.19 bits per heavy atom. The highest BCUT2D eigenvalue weighted by molar-refractivity contribution is 5.88. The van der Waals surface area contributed by atoms with Crippen molar-refractivity contribution in [1.82, 2.24) is 5.32 Å². The summed E-state index contributed by atoms with van der Waals surface area (Å²) in [4.78, 5) is 6.67. The zero-order valence-corrected chi connectivity index (χ0v) is 10.2. The maximum Gasteiger partial charge on any atom is 0.116 e. The molecule has 1 aromatic carbocycles. The summed E-state index contributed by atoms with van der Waals surface area (Å²) < 4.78 is 0. The van der Waals surface area contributed by atoms with Crippen molar-refractivity contribution in [3.63, 3.8) is 0 Å². The highest BCUT2D eigenvalue weighted by atomic mass is 15.2. The molecule has 0 saturated heterocycles. The van der Waals surface area contributed by atoms with Crippen molar-refractivity contribution in [3.8, 4) is 0 Å². The maximum atomic E-state index is 4.42. The second-order valence-corrected chi connectivity index (χ2v) is 4.33. The van der Waals surface area contributed by atoms with Gasteiger partial charge in [0.15, 0.2) is 0 Å². The molecule has 0 radical (unpaired) electrons. The third-order valence-electron chi connectivity index (χ3n) is 3.12. The molecule has 0 aliphatic carbocycles. The second kappa shape index (κ2) is 4.56. The van der Waals surface area contributed by atoms with E-state index in [2.05, 4.69) is 54.3 Å². The molecule has 0 spiro atoms. The number of hydrogen-bond donors (Lipinski definition) is 1. The van der Waals surface area contributed by atoms with Gasteiger partial charge in [0.25, 0.3) is 0 Å². The lowest BCUT2D eigenvalue weighted by Gasteiger charge is -2.22. The molecule has 1 aliphatic rings. The van der Waals surface area contributed by atoms with E-state index in [-0.39, 0.29) is 0 Å². The van der Waals surface area contributed by atoms with Gasteiger partial charge in [0, 0.05) is 19.3 Å². The standard InChI is InChI=1S/C13H19N3/c1-10-5-4-6-12(11(10)2)16(3)9-13-14-7-8-15-13/h4-6H,7-9H2,1-3H3,(H,14,15). The zero-order valence-electron chi connectivity index (χ0n) is 10.2. The summed E-state index contributed by atoms with van der Waals surface area (Å²) in [5.41, 5.74) is 3.98. The fraction of sp³-hybridized carbons (Fsp3) is 0.462. The Bertz CT molecular complexity index is 410. The fourth-order valence-corrected chi connectivity index (χ4v) is 2.01. The SMILES string of the molecule is Cc1cccc(N(C)CC2=NCCN2)c1C. The topological polar surface area (TPSA) is 27.6 Å². The van der Waals surface area contributed by atoms with Gasteiger partial charge in [-0.3, -0.25) is 4.99 Å². The first-order chi connectivity index (χ1) is 7.68. The molecule has 1 N–H and O–H groups in total. The quantitative estimate of drug-likeness (QED) is 0.835. The van der Waals surface area contributed by atoms with Crippen molar-refractivity contribution in [2.75, 3.05) is 31.6 Å². The number of hydrogen-bond acceptors (Lipinski definition) is 3. The van der Waals surface area contributed by atoms with Crippen molar-refractivity contribution in [3.05, 3.63) is 29.3 Å². The highest BCUT2D eigenvalue weighted by Gasteiger charge is 2.11. The molecular weight excluding hydrogens is 198 g/mol. The molecule has 1 aliphatic heterocycles. The van der Waals surface area contributed by atoms with Crippen molar-refractivity contribution in [2.45, 2.75) is 13.8 Å². The monoisotopic (exact) mass is 217 g/mol. The molecule has 1 heterocycles. The van der Waals surface area contributed by atoms with E-state index in [0.29, 0.717) is 0 Å². The number of likely N-dealkylation sites (N-methyl/N-ethyl adjacent to an activating group) is 1. The van der Waals surface area contributed by atoms with Crippen molar-refractivity contribution in [2.24, 2.45) is 4.99 Å². The molecule has 0 atom stereocenters. The van der Waals surface area contributed by atoms with Gasteiger partial charge in [-0.1, -0.05) is 12.1 Å². The number of aliphatic imine (C=N–C) groups is 1. The van der Waals surface area contributed by atoms with Gasteiger partial charge < -0.3 is 10.2 Å². The number of aryl methyl sites for hydroxylation is 1. The van der Waals surface area contributed by atoms with Gasteiger partial charge in [0.2, 0.25) is 0 Å². The van der Waals surface area contributed by atoms with Crippen LogP contribution in [0.15, 0.2) is 23.2 Å². The van der Waals surface area contributed by atoms with Crippen LogP contribution in [0.5, 0.6) is 0 Å². The molecular formula is C13H19N3. The molecule has 3 nitrogen and oxygen atoms in total. The summed E-state index contributed by atoms with van der Waals surface area (Å²) in [7, 11) is 2.12. The van der Waals surface area contributed by atoms with Crippen LogP contribution in [0.4, 0.5) is 5.69 Å². The number of amidine groups is 1. The molecule has 0 aromatic heterocycles. The summed E-state index contributed by atoms with van der Waals surface area (Å²) in [6, 6.07) is 6.42. The first-order valence-corrected chi connectivity index (χ1v) is 5.73. The minimum Gasteiger partial charge on any atom is -0.370 e. The smallest absolute Gasteiger partial charge is 0.116 e. The molecule has 3 heteroatoms. The number of nitrogens with zero attached hydrogens (tertiary/aromatic N) is 2. The molecule has 86 valence electrons. The first kappa shape index (κ1) is 11.0. The van der Waals surface area contributed by atoms with Crippen LogP contribution in [-0.2, 0) is 0 Å². The van der Waals surface area contributed by atoms with E-state index < -0.39 is 0 Å². The van der Waals surface area contributed by atoms with Crippen molar-refractivity contribution in [1.29, 1.82) is 0 Å². The minimum absolute atomic E-state index is 0.865. The highest BCUT2D eigenvalue weighted by Crippen LogP contribution is 2.21. The number of nitrogens with one attached hydrogen (secondary N) is 1. The van der Waals surface area contributed by atoms with Crippen LogP contribution in [-0.4, -0.2) is 32.5 Å². The van der Waals surface area contributed by atoms with E-state index in [1.54, 1.807) is 0 Å². The van der Waals surface area contributed by atoms with Gasteiger partial charge in [-0.25, -0.2) is 0 Å². The summed E-state index contributed by atoms with van der Waals surface area (Å²) >= 11 is 0. The Kier molecular flexibility index (Phi) is 3.13. The largest absolute Gasteiger partial charge is 0.370 e.